The summed E-state index contributed by atoms with van der Waals surface area (Å²) < 4.78 is 32.2. The second-order valence-electron chi connectivity index (χ2n) is 5.64. The number of rotatable bonds is 4. The molecule has 0 bridgehead atoms. The number of hydrogen-bond acceptors (Lipinski definition) is 3. The molecule has 20 heavy (non-hydrogen) atoms. The lowest BCUT2D eigenvalue weighted by Gasteiger charge is -2.26. The fourth-order valence-corrected chi connectivity index (χ4v) is 2.93. The predicted octanol–water partition coefficient (Wildman–Crippen LogP) is 3.54. The van der Waals surface area contributed by atoms with Gasteiger partial charge in [-0.3, -0.25) is 4.99 Å². The van der Waals surface area contributed by atoms with Crippen molar-refractivity contribution in [3.8, 4) is 0 Å². The summed E-state index contributed by atoms with van der Waals surface area (Å²) in [7, 11) is 0. The fraction of sp³-hybridized carbons (Fsp3) is 0.733. The van der Waals surface area contributed by atoms with Gasteiger partial charge in [-0.15, -0.1) is 0 Å². The summed E-state index contributed by atoms with van der Waals surface area (Å²) in [6.07, 6.45) is 1.27. The fourth-order valence-electron chi connectivity index (χ4n) is 2.93. The number of ether oxygens (including phenoxy) is 1. The maximum atomic E-state index is 13.6. The molecule has 0 aromatic rings. The maximum absolute atomic E-state index is 13.6. The van der Waals surface area contributed by atoms with Gasteiger partial charge in [0.25, 0.3) is 5.92 Å². The lowest BCUT2D eigenvalue weighted by molar-refractivity contribution is -0.135. The van der Waals surface area contributed by atoms with E-state index >= 15 is 0 Å². The Bertz CT molecular complexity index is 482. The Morgan fingerprint density at radius 3 is 2.55 bits per heavy atom. The van der Waals surface area contributed by atoms with E-state index in [0.29, 0.717) is 25.0 Å². The summed E-state index contributed by atoms with van der Waals surface area (Å²) in [6, 6.07) is 0. The Kier molecular flexibility index (Phi) is 3.98. The third-order valence-electron chi connectivity index (χ3n) is 4.29. The molecule has 1 atom stereocenters. The molecule has 0 aromatic heterocycles. The first-order valence-electron chi connectivity index (χ1n) is 7.15. The SMILES string of the molecule is CCN=C(C(=O)OCC)C1=C(C)CCC2(C1)CC2(F)F. The number of esters is 1. The number of carbonyl (C=O) groups is 1. The summed E-state index contributed by atoms with van der Waals surface area (Å²) in [5.74, 6) is -3.09. The first-order chi connectivity index (χ1) is 9.37. The van der Waals surface area contributed by atoms with E-state index in [4.69, 9.17) is 4.74 Å². The van der Waals surface area contributed by atoms with Crippen LogP contribution in [0.1, 0.15) is 46.5 Å². The maximum Gasteiger partial charge on any atom is 0.356 e. The van der Waals surface area contributed by atoms with Gasteiger partial charge in [0.1, 0.15) is 5.71 Å². The predicted molar refractivity (Wildman–Crippen MR) is 73.2 cm³/mol. The first-order valence-corrected chi connectivity index (χ1v) is 7.15. The molecule has 2 aliphatic carbocycles. The van der Waals surface area contributed by atoms with Crippen molar-refractivity contribution in [1.29, 1.82) is 0 Å². The molecule has 0 saturated heterocycles. The molecule has 5 heteroatoms. The van der Waals surface area contributed by atoms with Gasteiger partial charge in [0, 0.05) is 18.4 Å². The topological polar surface area (TPSA) is 38.7 Å². The van der Waals surface area contributed by atoms with Crippen LogP contribution in [0.4, 0.5) is 8.78 Å². The number of carbonyl (C=O) groups excluding carboxylic acids is 1. The van der Waals surface area contributed by atoms with Gasteiger partial charge in [-0.05, 0) is 45.6 Å². The van der Waals surface area contributed by atoms with Crippen LogP contribution in [0.25, 0.3) is 0 Å². The van der Waals surface area contributed by atoms with Gasteiger partial charge in [-0.1, -0.05) is 5.57 Å². The van der Waals surface area contributed by atoms with E-state index in [2.05, 4.69) is 4.99 Å². The second kappa shape index (κ2) is 5.26. The Morgan fingerprint density at radius 1 is 1.40 bits per heavy atom. The number of alkyl halides is 2. The molecule has 0 N–H and O–H groups in total. The van der Waals surface area contributed by atoms with E-state index in [9.17, 15) is 13.6 Å². The molecule has 2 rings (SSSR count). The zero-order valence-corrected chi connectivity index (χ0v) is 12.3. The number of aliphatic imine (C=N–C) groups is 1. The number of hydrogen-bond donors (Lipinski definition) is 0. The van der Waals surface area contributed by atoms with E-state index in [1.807, 2.05) is 13.8 Å². The van der Waals surface area contributed by atoms with Gasteiger partial charge in [-0.2, -0.15) is 0 Å². The Labute approximate surface area is 118 Å². The normalized spacial score (nSPS) is 28.8. The minimum absolute atomic E-state index is 0.0704. The Balaban J connectivity index is 2.28. The molecule has 112 valence electrons. The van der Waals surface area contributed by atoms with Gasteiger partial charge >= 0.3 is 5.97 Å². The smallest absolute Gasteiger partial charge is 0.356 e. The summed E-state index contributed by atoms with van der Waals surface area (Å²) in [5, 5.41) is 0. The van der Waals surface area contributed by atoms with Gasteiger partial charge in [0.2, 0.25) is 0 Å². The third-order valence-corrected chi connectivity index (χ3v) is 4.29. The molecule has 1 spiro atoms. The highest BCUT2D eigenvalue weighted by Crippen LogP contribution is 2.68. The third kappa shape index (κ3) is 2.50. The number of halogens is 2. The monoisotopic (exact) mass is 285 g/mol. The summed E-state index contributed by atoms with van der Waals surface area (Å²) in [4.78, 5) is 16.2. The van der Waals surface area contributed by atoms with Crippen molar-refractivity contribution in [3.63, 3.8) is 0 Å². The van der Waals surface area contributed by atoms with E-state index < -0.39 is 17.3 Å². The largest absolute Gasteiger partial charge is 0.461 e. The molecule has 3 nitrogen and oxygen atoms in total. The lowest BCUT2D eigenvalue weighted by atomic mass is 9.79. The van der Waals surface area contributed by atoms with Crippen LogP contribution in [0.15, 0.2) is 16.1 Å². The van der Waals surface area contributed by atoms with E-state index in [1.165, 1.54) is 0 Å². The Hall–Kier alpha value is -1.26. The molecule has 0 aromatic carbocycles. The number of allylic oxidation sites excluding steroid dienone is 1. The van der Waals surface area contributed by atoms with Crippen LogP contribution < -0.4 is 0 Å². The van der Waals surface area contributed by atoms with E-state index in [1.54, 1.807) is 6.92 Å². The molecular formula is C15H21F2NO2. The molecule has 0 heterocycles. The number of nitrogens with zero attached hydrogens (tertiary/aromatic N) is 1. The zero-order chi connectivity index (χ0) is 15.0. The lowest BCUT2D eigenvalue weighted by Crippen LogP contribution is -2.27. The summed E-state index contributed by atoms with van der Waals surface area (Å²) >= 11 is 0. The van der Waals surface area contributed by atoms with Crippen molar-refractivity contribution >= 4 is 11.7 Å². The van der Waals surface area contributed by atoms with Gasteiger partial charge < -0.3 is 4.74 Å². The van der Waals surface area contributed by atoms with E-state index in [0.717, 1.165) is 5.57 Å². The summed E-state index contributed by atoms with van der Waals surface area (Å²) in [5.41, 5.74) is 0.962. The standard InChI is InChI=1S/C15H21F2NO2/c1-4-18-12(13(19)20-5-2)11-8-14(7-6-10(11)3)9-15(14,16)17/h4-9H2,1-3H3. The second-order valence-corrected chi connectivity index (χ2v) is 5.64. The van der Waals surface area contributed by atoms with Crippen LogP contribution in [-0.4, -0.2) is 30.8 Å². The van der Waals surface area contributed by atoms with Crippen LogP contribution in [0.5, 0.6) is 0 Å². The summed E-state index contributed by atoms with van der Waals surface area (Å²) in [6.45, 7) is 6.14. The highest BCUT2D eigenvalue weighted by molar-refractivity contribution is 6.43. The van der Waals surface area contributed by atoms with Crippen molar-refractivity contribution in [2.75, 3.05) is 13.2 Å². The minimum Gasteiger partial charge on any atom is -0.461 e. The van der Waals surface area contributed by atoms with Crippen molar-refractivity contribution in [2.24, 2.45) is 10.4 Å². The van der Waals surface area contributed by atoms with Crippen LogP contribution in [0.2, 0.25) is 0 Å². The van der Waals surface area contributed by atoms with E-state index in [-0.39, 0.29) is 25.2 Å². The molecule has 0 amide bonds. The van der Waals surface area contributed by atoms with Crippen LogP contribution in [0, 0.1) is 5.41 Å². The van der Waals surface area contributed by atoms with Crippen molar-refractivity contribution in [2.45, 2.75) is 52.4 Å². The van der Waals surface area contributed by atoms with Crippen LogP contribution in [0.3, 0.4) is 0 Å². The van der Waals surface area contributed by atoms with Crippen molar-refractivity contribution < 1.29 is 18.3 Å². The highest BCUT2D eigenvalue weighted by atomic mass is 19.3. The molecule has 1 saturated carbocycles. The Morgan fingerprint density at radius 2 is 2.05 bits per heavy atom. The quantitative estimate of drug-likeness (QED) is 0.585. The minimum atomic E-state index is -2.59. The average molecular weight is 285 g/mol. The first kappa shape index (κ1) is 15.1. The van der Waals surface area contributed by atoms with Gasteiger partial charge in [0.15, 0.2) is 0 Å². The molecular weight excluding hydrogens is 264 g/mol. The average Bonchev–Trinajstić information content (AvgIpc) is 2.91. The van der Waals surface area contributed by atoms with Crippen molar-refractivity contribution in [1.82, 2.24) is 0 Å². The van der Waals surface area contributed by atoms with Gasteiger partial charge in [-0.25, -0.2) is 13.6 Å². The highest BCUT2D eigenvalue weighted by Gasteiger charge is 2.71. The molecule has 1 fully saturated rings. The van der Waals surface area contributed by atoms with Crippen LogP contribution in [-0.2, 0) is 9.53 Å². The molecule has 1 unspecified atom stereocenters. The van der Waals surface area contributed by atoms with Crippen molar-refractivity contribution in [3.05, 3.63) is 11.1 Å². The molecule has 2 aliphatic rings. The van der Waals surface area contributed by atoms with Crippen LogP contribution >= 0.6 is 0 Å². The molecule has 0 aliphatic heterocycles. The molecule has 0 radical (unpaired) electrons. The zero-order valence-electron chi connectivity index (χ0n) is 12.3. The van der Waals surface area contributed by atoms with Gasteiger partial charge in [0.05, 0.1) is 6.61 Å².